The second-order valence-electron chi connectivity index (χ2n) is 9.72. The van der Waals surface area contributed by atoms with E-state index in [1.165, 1.54) is 5.56 Å². The summed E-state index contributed by atoms with van der Waals surface area (Å²) >= 11 is 0. The Morgan fingerprint density at radius 1 is 1.14 bits per heavy atom. The first-order chi connectivity index (χ1) is 17.4. The molecule has 0 radical (unpaired) electrons. The minimum absolute atomic E-state index is 0.313. The second-order valence-corrected chi connectivity index (χ2v) is 9.72. The molecule has 186 valence electrons. The number of nitrogens with zero attached hydrogens (tertiary/aromatic N) is 5. The van der Waals surface area contributed by atoms with E-state index in [-0.39, 0.29) is 0 Å². The number of aromatic nitrogens is 5. The van der Waals surface area contributed by atoms with Crippen LogP contribution in [0.15, 0.2) is 42.6 Å². The molecule has 1 amide bonds. The van der Waals surface area contributed by atoms with Crippen molar-refractivity contribution in [2.75, 3.05) is 29.9 Å². The van der Waals surface area contributed by atoms with Crippen molar-refractivity contribution in [1.82, 2.24) is 24.9 Å². The number of imidazole rings is 1. The van der Waals surface area contributed by atoms with E-state index in [9.17, 15) is 4.79 Å². The Morgan fingerprint density at radius 2 is 1.92 bits per heavy atom. The number of amides is 1. The summed E-state index contributed by atoms with van der Waals surface area (Å²) in [4.78, 5) is 35.6. The molecule has 5 rings (SSSR count). The highest BCUT2D eigenvalue weighted by atomic mass is 16.1. The van der Waals surface area contributed by atoms with E-state index in [1.807, 2.05) is 25.1 Å². The van der Waals surface area contributed by atoms with Gasteiger partial charge in [-0.25, -0.2) is 19.9 Å². The number of H-pyrrole nitrogens is 1. The number of hydrogen-bond donors (Lipinski definition) is 3. The lowest BCUT2D eigenvalue weighted by Gasteiger charge is -2.32. The Hall–Kier alpha value is -4.01. The van der Waals surface area contributed by atoms with Crippen LogP contribution in [0.25, 0.3) is 22.4 Å². The number of piperidine rings is 1. The number of pyridine rings is 1. The molecule has 0 aliphatic carbocycles. The van der Waals surface area contributed by atoms with Crippen molar-refractivity contribution in [3.05, 3.63) is 59.5 Å². The first-order valence-corrected chi connectivity index (χ1v) is 12.5. The van der Waals surface area contributed by atoms with Crippen LogP contribution in [0.4, 0.5) is 11.8 Å². The van der Waals surface area contributed by atoms with E-state index in [4.69, 9.17) is 15.7 Å². The van der Waals surface area contributed by atoms with Gasteiger partial charge >= 0.3 is 0 Å². The largest absolute Gasteiger partial charge is 0.369 e. The topological polar surface area (TPSA) is 126 Å². The van der Waals surface area contributed by atoms with Crippen LogP contribution in [0.2, 0.25) is 0 Å². The fraction of sp³-hybridized carbons (Fsp3) is 0.370. The molecule has 0 saturated carbocycles. The Morgan fingerprint density at radius 3 is 2.64 bits per heavy atom. The predicted molar refractivity (Wildman–Crippen MR) is 142 cm³/mol. The summed E-state index contributed by atoms with van der Waals surface area (Å²) in [6.07, 6.45) is 3.78. The summed E-state index contributed by atoms with van der Waals surface area (Å²) in [6.45, 7) is 8.71. The van der Waals surface area contributed by atoms with Gasteiger partial charge in [0.1, 0.15) is 5.82 Å². The molecule has 4 aromatic rings. The minimum Gasteiger partial charge on any atom is -0.369 e. The average molecular weight is 485 g/mol. The van der Waals surface area contributed by atoms with Crippen LogP contribution in [0.5, 0.6) is 0 Å². The molecular weight excluding hydrogens is 452 g/mol. The van der Waals surface area contributed by atoms with Gasteiger partial charge in [0, 0.05) is 37.1 Å². The van der Waals surface area contributed by atoms with Gasteiger partial charge in [-0.15, -0.1) is 0 Å². The highest BCUT2D eigenvalue weighted by Gasteiger charge is 2.23. The molecule has 4 N–H and O–H groups in total. The lowest BCUT2D eigenvalue weighted by Crippen LogP contribution is -2.36. The maximum absolute atomic E-state index is 11.5. The SMILES string of the molecule is Cc1[nH]c(N2CCC(CNc3nc(-c4ccccc4C(C)C)nc4ncccc34)CC2)nc1C(N)=O. The Balaban J connectivity index is 1.32. The predicted octanol–water partition coefficient (Wildman–Crippen LogP) is 4.27. The van der Waals surface area contributed by atoms with Crippen molar-refractivity contribution in [3.8, 4) is 11.4 Å². The molecule has 0 unspecified atom stereocenters. The van der Waals surface area contributed by atoms with Crippen molar-refractivity contribution < 1.29 is 4.79 Å². The molecular formula is C27H32N8O. The van der Waals surface area contributed by atoms with Crippen LogP contribution >= 0.6 is 0 Å². The van der Waals surface area contributed by atoms with E-state index in [0.717, 1.165) is 49.2 Å². The third-order valence-corrected chi connectivity index (χ3v) is 6.87. The minimum atomic E-state index is -0.504. The third kappa shape index (κ3) is 4.73. The Bertz CT molecular complexity index is 1390. The Labute approximate surface area is 210 Å². The molecule has 1 saturated heterocycles. The number of benzene rings is 1. The molecule has 9 heteroatoms. The molecule has 0 bridgehead atoms. The van der Waals surface area contributed by atoms with E-state index in [2.05, 4.69) is 57.2 Å². The van der Waals surface area contributed by atoms with Gasteiger partial charge in [-0.3, -0.25) is 4.79 Å². The normalized spacial score (nSPS) is 14.5. The molecule has 9 nitrogen and oxygen atoms in total. The molecule has 1 fully saturated rings. The van der Waals surface area contributed by atoms with Crippen molar-refractivity contribution in [2.45, 2.75) is 39.5 Å². The fourth-order valence-corrected chi connectivity index (χ4v) is 4.85. The first-order valence-electron chi connectivity index (χ1n) is 12.5. The van der Waals surface area contributed by atoms with E-state index >= 15 is 0 Å². The Kier molecular flexibility index (Phi) is 6.54. The summed E-state index contributed by atoms with van der Waals surface area (Å²) in [5.74, 6) is 2.58. The zero-order valence-corrected chi connectivity index (χ0v) is 21.0. The zero-order chi connectivity index (χ0) is 25.2. The molecule has 1 aromatic carbocycles. The van der Waals surface area contributed by atoms with Crippen molar-refractivity contribution in [1.29, 1.82) is 0 Å². The summed E-state index contributed by atoms with van der Waals surface area (Å²) in [7, 11) is 0. The number of aryl methyl sites for hydroxylation is 1. The van der Waals surface area contributed by atoms with Gasteiger partial charge in [0.15, 0.2) is 17.2 Å². The van der Waals surface area contributed by atoms with Crippen molar-refractivity contribution in [3.63, 3.8) is 0 Å². The van der Waals surface area contributed by atoms with Crippen LogP contribution in [-0.2, 0) is 0 Å². The zero-order valence-electron chi connectivity index (χ0n) is 21.0. The third-order valence-electron chi connectivity index (χ3n) is 6.87. The monoisotopic (exact) mass is 484 g/mol. The van der Waals surface area contributed by atoms with E-state index in [0.29, 0.717) is 40.6 Å². The number of aromatic amines is 1. The van der Waals surface area contributed by atoms with Gasteiger partial charge in [0.05, 0.1) is 5.39 Å². The van der Waals surface area contributed by atoms with Gasteiger partial charge < -0.3 is 20.9 Å². The van der Waals surface area contributed by atoms with Crippen LogP contribution in [-0.4, -0.2) is 50.5 Å². The number of nitrogens with one attached hydrogen (secondary N) is 2. The summed E-state index contributed by atoms with van der Waals surface area (Å²) in [5, 5.41) is 4.53. The number of rotatable bonds is 7. The number of carbonyl (C=O) groups is 1. The summed E-state index contributed by atoms with van der Waals surface area (Å²) in [5.41, 5.74) is 9.40. The van der Waals surface area contributed by atoms with Crippen LogP contribution in [0, 0.1) is 12.8 Å². The maximum atomic E-state index is 11.5. The van der Waals surface area contributed by atoms with Crippen LogP contribution < -0.4 is 16.0 Å². The fourth-order valence-electron chi connectivity index (χ4n) is 4.85. The number of fused-ring (bicyclic) bond motifs is 1. The maximum Gasteiger partial charge on any atom is 0.269 e. The van der Waals surface area contributed by atoms with Gasteiger partial charge in [0.25, 0.3) is 5.91 Å². The number of anilines is 2. The number of hydrogen-bond acceptors (Lipinski definition) is 7. The lowest BCUT2D eigenvalue weighted by molar-refractivity contribution is 0.0995. The molecule has 36 heavy (non-hydrogen) atoms. The quantitative estimate of drug-likeness (QED) is 0.357. The van der Waals surface area contributed by atoms with Crippen LogP contribution in [0.3, 0.4) is 0 Å². The number of primary amides is 1. The first kappa shape index (κ1) is 23.7. The lowest BCUT2D eigenvalue weighted by atomic mass is 9.96. The summed E-state index contributed by atoms with van der Waals surface area (Å²) < 4.78 is 0. The van der Waals surface area contributed by atoms with Crippen molar-refractivity contribution >= 4 is 28.7 Å². The molecule has 0 atom stereocenters. The average Bonchev–Trinajstić information content (AvgIpc) is 3.29. The van der Waals surface area contributed by atoms with Gasteiger partial charge in [-0.2, -0.15) is 0 Å². The molecule has 4 heterocycles. The number of carbonyl (C=O) groups excluding carboxylic acids is 1. The standard InChI is InChI=1S/C27H32N8O/c1-16(2)19-7-4-5-8-20(19)26-33-24-21(9-6-12-29-24)25(34-26)30-15-18-10-13-35(14-11-18)27-31-17(3)22(32-27)23(28)36/h4-9,12,16,18H,10-11,13-15H2,1-3H3,(H2,28,36)(H,31,32)(H,29,30,33,34). The number of nitrogens with two attached hydrogens (primary N) is 1. The molecule has 3 aromatic heterocycles. The summed E-state index contributed by atoms with van der Waals surface area (Å²) in [6, 6.07) is 12.2. The van der Waals surface area contributed by atoms with E-state index < -0.39 is 5.91 Å². The van der Waals surface area contributed by atoms with Crippen LogP contribution in [0.1, 0.15) is 54.4 Å². The molecule has 1 aliphatic heterocycles. The highest BCUT2D eigenvalue weighted by molar-refractivity contribution is 5.92. The smallest absolute Gasteiger partial charge is 0.269 e. The van der Waals surface area contributed by atoms with Gasteiger partial charge in [-0.05, 0) is 49.3 Å². The van der Waals surface area contributed by atoms with Crippen molar-refractivity contribution in [2.24, 2.45) is 11.7 Å². The molecule has 1 aliphatic rings. The van der Waals surface area contributed by atoms with E-state index in [1.54, 1.807) is 6.20 Å². The highest BCUT2D eigenvalue weighted by Crippen LogP contribution is 2.30. The molecule has 0 spiro atoms. The second kappa shape index (κ2) is 9.93. The van der Waals surface area contributed by atoms with Gasteiger partial charge in [-0.1, -0.05) is 38.1 Å². The van der Waals surface area contributed by atoms with Gasteiger partial charge in [0.2, 0.25) is 5.95 Å².